The van der Waals surface area contributed by atoms with Crippen molar-refractivity contribution in [3.05, 3.63) is 65.5 Å². The van der Waals surface area contributed by atoms with Gasteiger partial charge in [0.1, 0.15) is 11.6 Å². The molecular formula is C28H36FN3. The van der Waals surface area contributed by atoms with Crippen LogP contribution >= 0.6 is 0 Å². The third-order valence-electron chi connectivity index (χ3n) is 6.86. The number of hydrogen-bond donors (Lipinski definition) is 0. The summed E-state index contributed by atoms with van der Waals surface area (Å²) in [6, 6.07) is 9.59. The number of nitrogens with zero attached hydrogens (tertiary/aromatic N) is 3. The van der Waals surface area contributed by atoms with Crippen LogP contribution in [0.4, 0.5) is 4.39 Å². The predicted molar refractivity (Wildman–Crippen MR) is 130 cm³/mol. The minimum atomic E-state index is -0.159. The molecule has 4 heteroatoms. The van der Waals surface area contributed by atoms with Gasteiger partial charge in [-0.05, 0) is 72.8 Å². The Balaban J connectivity index is 1.87. The molecule has 170 valence electrons. The van der Waals surface area contributed by atoms with Crippen LogP contribution in [0.15, 0.2) is 42.7 Å². The Morgan fingerprint density at radius 3 is 2.38 bits per heavy atom. The Bertz CT molecular complexity index is 1090. The first-order chi connectivity index (χ1) is 15.1. The highest BCUT2D eigenvalue weighted by Crippen LogP contribution is 2.51. The van der Waals surface area contributed by atoms with E-state index in [1.807, 2.05) is 31.3 Å². The van der Waals surface area contributed by atoms with Crippen LogP contribution in [-0.4, -0.2) is 14.5 Å². The fraction of sp³-hybridized carbons (Fsp3) is 0.500. The molecule has 0 amide bonds. The van der Waals surface area contributed by atoms with Crippen molar-refractivity contribution in [2.45, 2.75) is 79.6 Å². The smallest absolute Gasteiger partial charge is 0.146 e. The quantitative estimate of drug-likeness (QED) is 0.416. The second-order valence-corrected chi connectivity index (χ2v) is 11.0. The lowest BCUT2D eigenvalue weighted by Gasteiger charge is -2.44. The van der Waals surface area contributed by atoms with Crippen LogP contribution in [0.1, 0.15) is 83.7 Å². The van der Waals surface area contributed by atoms with Crippen molar-refractivity contribution in [3.63, 3.8) is 0 Å². The molecule has 1 aliphatic carbocycles. The van der Waals surface area contributed by atoms with Crippen molar-refractivity contribution in [2.24, 2.45) is 10.8 Å². The van der Waals surface area contributed by atoms with E-state index in [-0.39, 0.29) is 16.6 Å². The fourth-order valence-electron chi connectivity index (χ4n) is 5.93. The van der Waals surface area contributed by atoms with Crippen molar-refractivity contribution in [1.82, 2.24) is 14.5 Å². The van der Waals surface area contributed by atoms with Gasteiger partial charge in [0, 0.05) is 29.6 Å². The van der Waals surface area contributed by atoms with E-state index in [0.717, 1.165) is 53.3 Å². The summed E-state index contributed by atoms with van der Waals surface area (Å²) >= 11 is 0. The van der Waals surface area contributed by atoms with Gasteiger partial charge in [-0.25, -0.2) is 9.37 Å². The maximum Gasteiger partial charge on any atom is 0.146 e. The zero-order valence-corrected chi connectivity index (χ0v) is 20.4. The zero-order chi connectivity index (χ0) is 23.1. The van der Waals surface area contributed by atoms with E-state index in [1.165, 1.54) is 6.42 Å². The van der Waals surface area contributed by atoms with E-state index in [0.29, 0.717) is 12.3 Å². The monoisotopic (exact) mass is 433 g/mol. The number of imidazole rings is 1. The number of hydrogen-bond acceptors (Lipinski definition) is 2. The van der Waals surface area contributed by atoms with Gasteiger partial charge in [-0.1, -0.05) is 47.6 Å². The molecule has 0 unspecified atom stereocenters. The standard InChI is InChI=1S/C28H36FN3/c1-7-19-11-12-21(14-23(19)29)32-17-25(20-15-27(3,4)18-28(5,6)16-20)31-26(32)22-10-9-13-30-24(22)8-2/h9-14,17,20H,7-8,15-16,18H2,1-6H3. The molecule has 32 heavy (non-hydrogen) atoms. The van der Waals surface area contributed by atoms with Crippen molar-refractivity contribution in [1.29, 1.82) is 0 Å². The number of pyridine rings is 1. The highest BCUT2D eigenvalue weighted by Gasteiger charge is 2.40. The molecule has 0 spiro atoms. The molecule has 0 aliphatic heterocycles. The number of benzene rings is 1. The minimum Gasteiger partial charge on any atom is -0.299 e. The molecule has 1 aliphatic rings. The highest BCUT2D eigenvalue weighted by atomic mass is 19.1. The molecule has 2 aromatic heterocycles. The van der Waals surface area contributed by atoms with Crippen molar-refractivity contribution >= 4 is 0 Å². The molecule has 0 saturated heterocycles. The van der Waals surface area contributed by atoms with Crippen LogP contribution in [0.25, 0.3) is 17.1 Å². The Kier molecular flexibility index (Phi) is 6.00. The number of aromatic nitrogens is 3. The Morgan fingerprint density at radius 2 is 1.75 bits per heavy atom. The highest BCUT2D eigenvalue weighted by molar-refractivity contribution is 5.62. The Hall–Kier alpha value is -2.49. The minimum absolute atomic E-state index is 0.159. The molecule has 3 aromatic rings. The molecule has 0 radical (unpaired) electrons. The zero-order valence-electron chi connectivity index (χ0n) is 20.4. The van der Waals surface area contributed by atoms with Gasteiger partial charge in [0.2, 0.25) is 0 Å². The van der Waals surface area contributed by atoms with Crippen LogP contribution in [0.5, 0.6) is 0 Å². The van der Waals surface area contributed by atoms with Gasteiger partial charge in [0.25, 0.3) is 0 Å². The van der Waals surface area contributed by atoms with Gasteiger partial charge in [0.15, 0.2) is 0 Å². The number of rotatable bonds is 5. The summed E-state index contributed by atoms with van der Waals surface area (Å²) in [5.74, 6) is 1.08. The molecule has 0 N–H and O–H groups in total. The van der Waals surface area contributed by atoms with Gasteiger partial charge in [0.05, 0.1) is 11.4 Å². The average Bonchev–Trinajstić information content (AvgIpc) is 3.17. The van der Waals surface area contributed by atoms with Crippen molar-refractivity contribution in [2.75, 3.05) is 0 Å². The van der Waals surface area contributed by atoms with Gasteiger partial charge in [-0.3, -0.25) is 9.55 Å². The molecular weight excluding hydrogens is 397 g/mol. The van der Waals surface area contributed by atoms with E-state index in [4.69, 9.17) is 4.98 Å². The van der Waals surface area contributed by atoms with E-state index in [9.17, 15) is 4.39 Å². The second-order valence-electron chi connectivity index (χ2n) is 11.0. The van der Waals surface area contributed by atoms with Crippen LogP contribution in [0, 0.1) is 16.6 Å². The van der Waals surface area contributed by atoms with E-state index in [2.05, 4.69) is 56.4 Å². The fourth-order valence-corrected chi connectivity index (χ4v) is 5.93. The van der Waals surface area contributed by atoms with Crippen LogP contribution < -0.4 is 0 Å². The van der Waals surface area contributed by atoms with Crippen LogP contribution in [-0.2, 0) is 12.8 Å². The van der Waals surface area contributed by atoms with Crippen molar-refractivity contribution in [3.8, 4) is 17.1 Å². The maximum atomic E-state index is 14.7. The molecule has 3 nitrogen and oxygen atoms in total. The molecule has 2 heterocycles. The van der Waals surface area contributed by atoms with E-state index in [1.54, 1.807) is 6.07 Å². The normalized spacial score (nSPS) is 18.1. The molecule has 1 saturated carbocycles. The van der Waals surface area contributed by atoms with Crippen molar-refractivity contribution < 1.29 is 4.39 Å². The van der Waals surface area contributed by atoms with Crippen LogP contribution in [0.2, 0.25) is 0 Å². The van der Waals surface area contributed by atoms with Gasteiger partial charge in [-0.15, -0.1) is 0 Å². The second kappa shape index (κ2) is 8.46. The largest absolute Gasteiger partial charge is 0.299 e. The molecule has 0 bridgehead atoms. The molecule has 0 atom stereocenters. The van der Waals surface area contributed by atoms with Gasteiger partial charge >= 0.3 is 0 Å². The third kappa shape index (κ3) is 4.51. The summed E-state index contributed by atoms with van der Waals surface area (Å²) in [5.41, 5.74) is 5.24. The first kappa shape index (κ1) is 22.7. The maximum absolute atomic E-state index is 14.7. The summed E-state index contributed by atoms with van der Waals surface area (Å²) in [6.45, 7) is 13.6. The lowest BCUT2D eigenvalue weighted by molar-refractivity contribution is 0.0957. The SMILES string of the molecule is CCc1ccc(-n2cc(C3CC(C)(C)CC(C)(C)C3)nc2-c2cccnc2CC)cc1F. The van der Waals surface area contributed by atoms with Gasteiger partial charge in [-0.2, -0.15) is 0 Å². The van der Waals surface area contributed by atoms with Gasteiger partial charge < -0.3 is 0 Å². The first-order valence-electron chi connectivity index (χ1n) is 11.9. The lowest BCUT2D eigenvalue weighted by atomic mass is 9.61. The summed E-state index contributed by atoms with van der Waals surface area (Å²) < 4.78 is 16.8. The number of aryl methyl sites for hydroxylation is 2. The topological polar surface area (TPSA) is 30.7 Å². The Morgan fingerprint density at radius 1 is 1.03 bits per heavy atom. The summed E-state index contributed by atoms with van der Waals surface area (Å²) in [6.07, 6.45) is 8.93. The average molecular weight is 434 g/mol. The molecule has 4 rings (SSSR count). The Labute approximate surface area is 192 Å². The van der Waals surface area contributed by atoms with E-state index >= 15 is 0 Å². The first-order valence-corrected chi connectivity index (χ1v) is 11.9. The lowest BCUT2D eigenvalue weighted by Crippen LogP contribution is -2.33. The third-order valence-corrected chi connectivity index (χ3v) is 6.86. The summed E-state index contributed by atoms with van der Waals surface area (Å²) in [7, 11) is 0. The van der Waals surface area contributed by atoms with E-state index < -0.39 is 0 Å². The summed E-state index contributed by atoms with van der Waals surface area (Å²) in [4.78, 5) is 9.79. The van der Waals surface area contributed by atoms with Crippen LogP contribution in [0.3, 0.4) is 0 Å². The molecule has 1 aromatic carbocycles. The predicted octanol–water partition coefficient (Wildman–Crippen LogP) is 7.52. The molecule has 1 fully saturated rings. The summed E-state index contributed by atoms with van der Waals surface area (Å²) in [5, 5.41) is 0. The number of halogens is 1.